The van der Waals surface area contributed by atoms with E-state index in [9.17, 15) is 14.3 Å². The Hall–Kier alpha value is -4.46. The molecule has 2 saturated heterocycles. The Morgan fingerprint density at radius 3 is 2.60 bits per heavy atom. The average Bonchev–Trinajstić information content (AvgIpc) is 3.34. The summed E-state index contributed by atoms with van der Waals surface area (Å²) in [6.45, 7) is 3.75. The number of rotatable bonds is 10. The molecule has 0 spiro atoms. The number of likely N-dealkylation sites (tertiary alicyclic amines) is 1. The predicted octanol–water partition coefficient (Wildman–Crippen LogP) is 5.50. The van der Waals surface area contributed by atoms with Crippen LogP contribution in [0, 0.1) is 17.1 Å². The number of ether oxygens (including phenoxy) is 3. The van der Waals surface area contributed by atoms with Crippen molar-refractivity contribution in [1.29, 1.82) is 5.26 Å². The first kappa shape index (κ1) is 28.6. The van der Waals surface area contributed by atoms with E-state index >= 15 is 0 Å². The van der Waals surface area contributed by atoms with Gasteiger partial charge in [0, 0.05) is 12.2 Å². The minimum atomic E-state index is -1.01. The van der Waals surface area contributed by atoms with Gasteiger partial charge in [0.1, 0.15) is 35.3 Å². The number of imidazole rings is 1. The SMILES string of the molecule is COc1cc(C(=O)O)cc2c1nc(CN1CCC(c3ccccc3OCc3ccc(C#N)cc3F)CC1)n2C[C@@H]1CCO1. The normalized spacial score (nSPS) is 17.4. The van der Waals surface area contributed by atoms with Crippen LogP contribution >= 0.6 is 0 Å². The molecule has 0 bridgehead atoms. The number of methoxy groups -OCH3 is 1. The number of carboxylic acid groups (broad SMARTS) is 1. The van der Waals surface area contributed by atoms with Crippen LogP contribution in [0.25, 0.3) is 11.0 Å². The van der Waals surface area contributed by atoms with E-state index in [2.05, 4.69) is 15.5 Å². The lowest BCUT2D eigenvalue weighted by Gasteiger charge is -2.33. The number of carbonyl (C=O) groups is 1. The first-order chi connectivity index (χ1) is 20.9. The molecule has 0 aliphatic carbocycles. The molecule has 222 valence electrons. The molecule has 2 fully saturated rings. The Morgan fingerprint density at radius 1 is 1.14 bits per heavy atom. The van der Waals surface area contributed by atoms with E-state index in [1.54, 1.807) is 18.2 Å². The number of aromatic nitrogens is 2. The van der Waals surface area contributed by atoms with Crippen LogP contribution < -0.4 is 9.47 Å². The lowest BCUT2D eigenvalue weighted by Crippen LogP contribution is -2.35. The molecule has 1 aromatic heterocycles. The molecule has 3 heterocycles. The van der Waals surface area contributed by atoms with Crippen molar-refractivity contribution in [2.45, 2.75) is 51.0 Å². The summed E-state index contributed by atoms with van der Waals surface area (Å²) >= 11 is 0. The second-order valence-electron chi connectivity index (χ2n) is 11.1. The zero-order valence-corrected chi connectivity index (χ0v) is 24.0. The number of benzene rings is 3. The maximum atomic E-state index is 14.4. The van der Waals surface area contributed by atoms with Crippen LogP contribution in [0.2, 0.25) is 0 Å². The van der Waals surface area contributed by atoms with Crippen LogP contribution in [0.4, 0.5) is 4.39 Å². The van der Waals surface area contributed by atoms with Crippen molar-refractivity contribution >= 4 is 17.0 Å². The second-order valence-corrected chi connectivity index (χ2v) is 11.1. The molecule has 2 aliphatic rings. The summed E-state index contributed by atoms with van der Waals surface area (Å²) in [4.78, 5) is 19.1. The van der Waals surface area contributed by atoms with Gasteiger partial charge in [0.2, 0.25) is 0 Å². The van der Waals surface area contributed by atoms with Crippen LogP contribution in [0.3, 0.4) is 0 Å². The fourth-order valence-corrected chi connectivity index (χ4v) is 5.92. The highest BCUT2D eigenvalue weighted by Crippen LogP contribution is 2.36. The number of carboxylic acids is 1. The van der Waals surface area contributed by atoms with E-state index in [-0.39, 0.29) is 23.8 Å². The van der Waals surface area contributed by atoms with E-state index in [0.29, 0.717) is 35.8 Å². The smallest absolute Gasteiger partial charge is 0.335 e. The number of halogens is 1. The van der Waals surface area contributed by atoms with Gasteiger partial charge < -0.3 is 23.9 Å². The number of piperidine rings is 1. The third-order valence-electron chi connectivity index (χ3n) is 8.42. The van der Waals surface area contributed by atoms with E-state index in [4.69, 9.17) is 24.5 Å². The van der Waals surface area contributed by atoms with Crippen LogP contribution in [0.5, 0.6) is 11.5 Å². The van der Waals surface area contributed by atoms with Gasteiger partial charge in [-0.05, 0) is 74.2 Å². The third kappa shape index (κ3) is 6.05. The summed E-state index contributed by atoms with van der Waals surface area (Å²) in [6.07, 6.45) is 2.88. The zero-order valence-electron chi connectivity index (χ0n) is 24.0. The molecule has 4 aromatic rings. The molecule has 10 heteroatoms. The highest BCUT2D eigenvalue weighted by molar-refractivity contribution is 5.95. The number of para-hydroxylation sites is 1. The van der Waals surface area contributed by atoms with Gasteiger partial charge in [0.05, 0.1) is 49.0 Å². The fraction of sp³-hybridized carbons (Fsp3) is 0.364. The van der Waals surface area contributed by atoms with Gasteiger partial charge in [-0.15, -0.1) is 0 Å². The van der Waals surface area contributed by atoms with Crippen LogP contribution in [-0.4, -0.2) is 58.4 Å². The summed E-state index contributed by atoms with van der Waals surface area (Å²) in [5.41, 5.74) is 3.35. The molecule has 6 rings (SSSR count). The molecule has 1 N–H and O–H groups in total. The molecule has 0 radical (unpaired) electrons. The quantitative estimate of drug-likeness (QED) is 0.260. The third-order valence-corrected chi connectivity index (χ3v) is 8.42. The number of nitrogens with zero attached hydrogens (tertiary/aromatic N) is 4. The summed E-state index contributed by atoms with van der Waals surface area (Å²) in [5.74, 6) is 0.880. The van der Waals surface area contributed by atoms with Crippen LogP contribution in [0.1, 0.15) is 58.1 Å². The number of nitriles is 1. The van der Waals surface area contributed by atoms with E-state index in [1.807, 2.05) is 24.3 Å². The van der Waals surface area contributed by atoms with E-state index in [1.165, 1.54) is 19.2 Å². The lowest BCUT2D eigenvalue weighted by atomic mass is 9.89. The number of fused-ring (bicyclic) bond motifs is 1. The standard InChI is InChI=1S/C33H33FN4O5/c1-41-30-16-24(33(39)40)15-28-32(30)36-31(38(28)18-25-10-13-42-25)19-37-11-8-22(9-12-37)26-4-2-3-5-29(26)43-20-23-7-6-21(17-35)14-27(23)34/h2-7,14-16,22,25H,8-13,18-20H2,1H3,(H,39,40)/t25-/m0/s1. The number of aromatic carboxylic acids is 1. The van der Waals surface area contributed by atoms with Gasteiger partial charge in [0.25, 0.3) is 0 Å². The van der Waals surface area contributed by atoms with Crippen LogP contribution in [0.15, 0.2) is 54.6 Å². The monoisotopic (exact) mass is 584 g/mol. The Balaban J connectivity index is 1.17. The molecular weight excluding hydrogens is 551 g/mol. The Kier molecular flexibility index (Phi) is 8.27. The molecule has 0 unspecified atom stereocenters. The molecule has 43 heavy (non-hydrogen) atoms. The van der Waals surface area contributed by atoms with Crippen molar-refractivity contribution in [2.75, 3.05) is 26.8 Å². The molecular formula is C33H33FN4O5. The van der Waals surface area contributed by atoms with Crippen molar-refractivity contribution in [3.05, 3.63) is 88.5 Å². The van der Waals surface area contributed by atoms with Crippen LogP contribution in [-0.2, 0) is 24.4 Å². The summed E-state index contributed by atoms with van der Waals surface area (Å²) < 4.78 is 33.8. The van der Waals surface area contributed by atoms with Crippen molar-refractivity contribution in [1.82, 2.24) is 14.5 Å². The topological polar surface area (TPSA) is 110 Å². The molecule has 9 nitrogen and oxygen atoms in total. The average molecular weight is 585 g/mol. The first-order valence-electron chi connectivity index (χ1n) is 14.5. The van der Waals surface area contributed by atoms with E-state index in [0.717, 1.165) is 61.6 Å². The van der Waals surface area contributed by atoms with Gasteiger partial charge in [-0.2, -0.15) is 5.26 Å². The molecule has 2 aliphatic heterocycles. The van der Waals surface area contributed by atoms with Gasteiger partial charge in [-0.3, -0.25) is 4.90 Å². The molecule has 3 aromatic carbocycles. The predicted molar refractivity (Wildman–Crippen MR) is 157 cm³/mol. The summed E-state index contributed by atoms with van der Waals surface area (Å²) in [6, 6.07) is 17.5. The van der Waals surface area contributed by atoms with Gasteiger partial charge in [0.15, 0.2) is 0 Å². The maximum absolute atomic E-state index is 14.4. The van der Waals surface area contributed by atoms with Crippen molar-refractivity contribution in [2.24, 2.45) is 0 Å². The minimum absolute atomic E-state index is 0.0793. The Morgan fingerprint density at radius 2 is 1.93 bits per heavy atom. The molecule has 0 amide bonds. The lowest BCUT2D eigenvalue weighted by molar-refractivity contribution is -0.0592. The zero-order chi connectivity index (χ0) is 29.9. The van der Waals surface area contributed by atoms with Crippen molar-refractivity contribution < 1.29 is 28.5 Å². The van der Waals surface area contributed by atoms with E-state index < -0.39 is 11.8 Å². The highest BCUT2D eigenvalue weighted by Gasteiger charge is 2.27. The Labute approximate surface area is 249 Å². The largest absolute Gasteiger partial charge is 0.494 e. The maximum Gasteiger partial charge on any atom is 0.335 e. The Bertz CT molecular complexity index is 1680. The van der Waals surface area contributed by atoms with Crippen molar-refractivity contribution in [3.63, 3.8) is 0 Å². The second kappa shape index (κ2) is 12.4. The first-order valence-corrected chi connectivity index (χ1v) is 14.5. The summed E-state index contributed by atoms with van der Waals surface area (Å²) in [5, 5.41) is 18.7. The number of hydrogen-bond acceptors (Lipinski definition) is 7. The summed E-state index contributed by atoms with van der Waals surface area (Å²) in [7, 11) is 1.53. The minimum Gasteiger partial charge on any atom is -0.494 e. The number of hydrogen-bond donors (Lipinski definition) is 1. The molecule has 1 atom stereocenters. The highest BCUT2D eigenvalue weighted by atomic mass is 19.1. The molecule has 0 saturated carbocycles. The van der Waals surface area contributed by atoms with Crippen molar-refractivity contribution in [3.8, 4) is 17.6 Å². The van der Waals surface area contributed by atoms with Gasteiger partial charge in [-0.25, -0.2) is 14.2 Å². The van der Waals surface area contributed by atoms with Gasteiger partial charge in [-0.1, -0.05) is 24.3 Å². The fourth-order valence-electron chi connectivity index (χ4n) is 5.92. The van der Waals surface area contributed by atoms with Gasteiger partial charge >= 0.3 is 5.97 Å².